The zero-order valence-electron chi connectivity index (χ0n) is 11.9. The first kappa shape index (κ1) is 14.0. The van der Waals surface area contributed by atoms with E-state index in [2.05, 4.69) is 19.2 Å². The molecule has 1 aromatic rings. The number of anilines is 2. The molecule has 0 amide bonds. The summed E-state index contributed by atoms with van der Waals surface area (Å²) in [4.78, 5) is 0. The molecule has 1 saturated heterocycles. The first-order chi connectivity index (χ1) is 9.11. The van der Waals surface area contributed by atoms with Gasteiger partial charge in [-0.15, -0.1) is 0 Å². The van der Waals surface area contributed by atoms with Gasteiger partial charge in [-0.3, -0.25) is 0 Å². The van der Waals surface area contributed by atoms with Gasteiger partial charge >= 0.3 is 0 Å². The maximum atomic E-state index is 5.93. The molecular weight excluding hydrogens is 240 g/mol. The van der Waals surface area contributed by atoms with Gasteiger partial charge in [-0.1, -0.05) is 6.92 Å². The van der Waals surface area contributed by atoms with E-state index in [0.29, 0.717) is 6.61 Å². The number of hydrogen-bond acceptors (Lipinski definition) is 4. The molecule has 4 nitrogen and oxygen atoms in total. The van der Waals surface area contributed by atoms with Crippen molar-refractivity contribution in [3.8, 4) is 5.75 Å². The van der Waals surface area contributed by atoms with E-state index in [0.717, 1.165) is 49.6 Å². The number of benzene rings is 1. The molecule has 4 heteroatoms. The molecule has 1 aliphatic heterocycles. The average Bonchev–Trinajstić information content (AvgIpc) is 2.36. The van der Waals surface area contributed by atoms with E-state index in [4.69, 9.17) is 15.2 Å². The molecule has 19 heavy (non-hydrogen) atoms. The van der Waals surface area contributed by atoms with E-state index < -0.39 is 0 Å². The predicted octanol–water partition coefficient (Wildman–Crippen LogP) is 3.04. The molecule has 0 aromatic heterocycles. The van der Waals surface area contributed by atoms with Gasteiger partial charge in [0.25, 0.3) is 0 Å². The van der Waals surface area contributed by atoms with Gasteiger partial charge in [-0.25, -0.2) is 0 Å². The molecule has 2 rings (SSSR count). The summed E-state index contributed by atoms with van der Waals surface area (Å²) in [6.45, 7) is 6.66. The number of nitrogens with one attached hydrogen (secondary N) is 1. The van der Waals surface area contributed by atoms with E-state index >= 15 is 0 Å². The molecule has 1 heterocycles. The van der Waals surface area contributed by atoms with Crippen LogP contribution < -0.4 is 15.8 Å². The first-order valence-electron chi connectivity index (χ1n) is 7.01. The zero-order valence-corrected chi connectivity index (χ0v) is 11.9. The van der Waals surface area contributed by atoms with E-state index in [1.54, 1.807) is 0 Å². The summed E-state index contributed by atoms with van der Waals surface area (Å²) in [5.41, 5.74) is 7.76. The minimum absolute atomic E-state index is 0.0775. The van der Waals surface area contributed by atoms with Gasteiger partial charge in [0.05, 0.1) is 6.61 Å². The lowest BCUT2D eigenvalue weighted by Crippen LogP contribution is -2.40. The molecule has 1 aliphatic rings. The molecule has 3 N–H and O–H groups in total. The van der Waals surface area contributed by atoms with Crippen molar-refractivity contribution < 1.29 is 9.47 Å². The third kappa shape index (κ3) is 4.03. The molecule has 0 aliphatic carbocycles. The molecule has 106 valence electrons. The Kier molecular flexibility index (Phi) is 4.53. The lowest BCUT2D eigenvalue weighted by molar-refractivity contribution is 0.0658. The fourth-order valence-electron chi connectivity index (χ4n) is 2.29. The van der Waals surface area contributed by atoms with Gasteiger partial charge in [-0.2, -0.15) is 0 Å². The molecular formula is C15H24N2O2. The normalized spacial score (nSPS) is 18.0. The summed E-state index contributed by atoms with van der Waals surface area (Å²) in [5, 5.41) is 3.57. The second-order valence-electron chi connectivity index (χ2n) is 5.44. The smallest absolute Gasteiger partial charge is 0.123 e. The first-order valence-corrected chi connectivity index (χ1v) is 7.01. The van der Waals surface area contributed by atoms with Gasteiger partial charge in [0.2, 0.25) is 0 Å². The fraction of sp³-hybridized carbons (Fsp3) is 0.600. The Morgan fingerprint density at radius 2 is 2.05 bits per heavy atom. The van der Waals surface area contributed by atoms with Crippen molar-refractivity contribution in [2.24, 2.45) is 0 Å². The second-order valence-corrected chi connectivity index (χ2v) is 5.44. The van der Waals surface area contributed by atoms with Crippen molar-refractivity contribution in [3.05, 3.63) is 18.2 Å². The summed E-state index contributed by atoms with van der Waals surface area (Å²) in [6.07, 6.45) is 3.01. The predicted molar refractivity (Wildman–Crippen MR) is 78.7 cm³/mol. The van der Waals surface area contributed by atoms with Crippen molar-refractivity contribution in [1.82, 2.24) is 0 Å². The minimum atomic E-state index is 0.0775. The Morgan fingerprint density at radius 1 is 1.32 bits per heavy atom. The zero-order chi connectivity index (χ0) is 13.7. The van der Waals surface area contributed by atoms with Gasteiger partial charge in [0, 0.05) is 42.3 Å². The highest BCUT2D eigenvalue weighted by atomic mass is 16.5. The Morgan fingerprint density at radius 3 is 2.74 bits per heavy atom. The molecule has 0 unspecified atom stereocenters. The third-order valence-electron chi connectivity index (χ3n) is 3.44. The monoisotopic (exact) mass is 264 g/mol. The second kappa shape index (κ2) is 6.15. The Balaban J connectivity index is 2.08. The van der Waals surface area contributed by atoms with E-state index in [1.807, 2.05) is 18.2 Å². The summed E-state index contributed by atoms with van der Waals surface area (Å²) in [7, 11) is 0. The number of hydrogen-bond donors (Lipinski definition) is 2. The third-order valence-corrected chi connectivity index (χ3v) is 3.44. The topological polar surface area (TPSA) is 56.5 Å². The number of nitrogens with two attached hydrogens (primary N) is 1. The minimum Gasteiger partial charge on any atom is -0.493 e. The van der Waals surface area contributed by atoms with Crippen molar-refractivity contribution in [3.63, 3.8) is 0 Å². The molecule has 0 saturated carbocycles. The van der Waals surface area contributed by atoms with Crippen LogP contribution in [-0.2, 0) is 4.74 Å². The Labute approximate surface area is 115 Å². The molecule has 0 spiro atoms. The van der Waals surface area contributed by atoms with Crippen molar-refractivity contribution in [2.75, 3.05) is 30.9 Å². The maximum absolute atomic E-state index is 5.93. The van der Waals surface area contributed by atoms with Crippen LogP contribution >= 0.6 is 0 Å². The molecule has 0 bridgehead atoms. The van der Waals surface area contributed by atoms with Crippen LogP contribution in [0.2, 0.25) is 0 Å². The van der Waals surface area contributed by atoms with Crippen molar-refractivity contribution >= 4 is 11.4 Å². The molecule has 0 atom stereocenters. The molecule has 1 aromatic carbocycles. The standard InChI is InChI=1S/C15H24N2O2/c1-3-6-19-14-10-12(16)9-13(11-14)17-15(2)4-7-18-8-5-15/h9-11,17H,3-8,16H2,1-2H3. The molecule has 1 fully saturated rings. The van der Waals surface area contributed by atoms with Crippen LogP contribution in [0.1, 0.15) is 33.1 Å². The fourth-order valence-corrected chi connectivity index (χ4v) is 2.29. The largest absolute Gasteiger partial charge is 0.493 e. The average molecular weight is 264 g/mol. The van der Waals surface area contributed by atoms with Crippen LogP contribution in [0.3, 0.4) is 0 Å². The summed E-state index contributed by atoms with van der Waals surface area (Å²) in [5.74, 6) is 0.833. The van der Waals surface area contributed by atoms with Crippen LogP contribution in [0.15, 0.2) is 18.2 Å². The van der Waals surface area contributed by atoms with Gasteiger partial charge in [0.15, 0.2) is 0 Å². The number of rotatable bonds is 5. The van der Waals surface area contributed by atoms with Crippen LogP contribution in [0.25, 0.3) is 0 Å². The highest BCUT2D eigenvalue weighted by Gasteiger charge is 2.27. The van der Waals surface area contributed by atoms with Gasteiger partial charge in [-0.05, 0) is 32.3 Å². The van der Waals surface area contributed by atoms with Gasteiger partial charge in [0.1, 0.15) is 5.75 Å². The van der Waals surface area contributed by atoms with Crippen molar-refractivity contribution in [2.45, 2.75) is 38.6 Å². The summed E-state index contributed by atoms with van der Waals surface area (Å²) in [6, 6.07) is 5.85. The van der Waals surface area contributed by atoms with Crippen LogP contribution in [0.5, 0.6) is 5.75 Å². The van der Waals surface area contributed by atoms with Crippen LogP contribution in [0, 0.1) is 0 Å². The maximum Gasteiger partial charge on any atom is 0.123 e. The molecule has 0 radical (unpaired) electrons. The Bertz CT molecular complexity index is 415. The van der Waals surface area contributed by atoms with E-state index in [9.17, 15) is 0 Å². The van der Waals surface area contributed by atoms with Crippen molar-refractivity contribution in [1.29, 1.82) is 0 Å². The lowest BCUT2D eigenvalue weighted by atomic mass is 9.92. The number of ether oxygens (including phenoxy) is 2. The van der Waals surface area contributed by atoms with E-state index in [1.165, 1.54) is 0 Å². The Hall–Kier alpha value is -1.42. The lowest BCUT2D eigenvalue weighted by Gasteiger charge is -2.35. The number of nitrogen functional groups attached to an aromatic ring is 1. The van der Waals surface area contributed by atoms with E-state index in [-0.39, 0.29) is 5.54 Å². The quantitative estimate of drug-likeness (QED) is 0.803. The highest BCUT2D eigenvalue weighted by molar-refractivity contribution is 5.60. The van der Waals surface area contributed by atoms with Crippen LogP contribution in [0.4, 0.5) is 11.4 Å². The SMILES string of the molecule is CCCOc1cc(N)cc(NC2(C)CCOCC2)c1. The van der Waals surface area contributed by atoms with Gasteiger partial charge < -0.3 is 20.5 Å². The van der Waals surface area contributed by atoms with Crippen LogP contribution in [-0.4, -0.2) is 25.4 Å². The summed E-state index contributed by atoms with van der Waals surface area (Å²) >= 11 is 0. The summed E-state index contributed by atoms with van der Waals surface area (Å²) < 4.78 is 11.1. The highest BCUT2D eigenvalue weighted by Crippen LogP contribution is 2.29.